The number of hydrogen-bond acceptors (Lipinski definition) is 6. The number of fused-ring (bicyclic) bond motifs is 4. The first-order chi connectivity index (χ1) is 40.4. The molecule has 9 aromatic rings. The quantitative estimate of drug-likeness (QED) is 0.133. The highest BCUT2D eigenvalue weighted by molar-refractivity contribution is 6.67. The molecule has 5 heterocycles. The van der Waals surface area contributed by atoms with Crippen LogP contribution in [0.3, 0.4) is 0 Å². The van der Waals surface area contributed by atoms with Crippen molar-refractivity contribution in [1.29, 1.82) is 0 Å². The maximum absolute atomic E-state index is 9.37. The molecular formula is C70H60B2N6O. The van der Waals surface area contributed by atoms with Crippen molar-refractivity contribution in [3.05, 3.63) is 301 Å². The van der Waals surface area contributed by atoms with Crippen molar-refractivity contribution in [1.82, 2.24) is 20.2 Å². The summed E-state index contributed by atoms with van der Waals surface area (Å²) in [5.74, 6) is 5.81. The van der Waals surface area contributed by atoms with Gasteiger partial charge in [0.1, 0.15) is 24.0 Å². The number of nitrogens with one attached hydrogen (secondary N) is 2. The van der Waals surface area contributed by atoms with Crippen LogP contribution in [0.4, 0.5) is 22.7 Å². The minimum atomic E-state index is -0.602. The standard InChI is InChI=1S/C70H60B2N6O/c1-69(2,3)53-44-59(61-29-20-41-73-39-17-15-37-71-61)68(60(45-53)62-30-21-42-74-40-18-16-38-72-62)77-49-76(64-32-13-14-33-65(64)77)54-26-19-27-55(47-54)79-56-34-35-58-57-28-11-12-31-63(57)78(66(58)48-56)67-46-52(36-43-75-67)70(4,50-22-7-5-8-23-50)51-24-9-6-10-25-51/h5-48,73-74H,49H2,1-4H3/b37-15-,38-16-,39-17-,40-18-,41-20-,42-21-,61-29-,62-30-/i11D,12D,28D,31D. The number of anilines is 4. The van der Waals surface area contributed by atoms with Crippen LogP contribution < -0.4 is 25.2 Å². The number of allylic oxidation sites excluding steroid dienone is 8. The molecule has 0 amide bonds. The van der Waals surface area contributed by atoms with Crippen LogP contribution in [0.5, 0.6) is 11.5 Å². The molecule has 7 nitrogen and oxygen atoms in total. The topological polar surface area (TPSA) is 57.6 Å². The first kappa shape index (κ1) is 45.7. The van der Waals surface area contributed by atoms with Gasteiger partial charge in [-0.15, -0.1) is 12.0 Å². The van der Waals surface area contributed by atoms with Crippen LogP contribution in [-0.4, -0.2) is 30.8 Å². The normalized spacial score (nSPS) is 18.9. The molecule has 0 aliphatic carbocycles. The Morgan fingerprint density at radius 3 is 1.80 bits per heavy atom. The Kier molecular flexibility index (Phi) is 12.7. The molecule has 79 heavy (non-hydrogen) atoms. The Morgan fingerprint density at radius 2 is 1.14 bits per heavy atom. The summed E-state index contributed by atoms with van der Waals surface area (Å²) in [6.45, 7) is 9.49. The SMILES string of the molecule is [2H]c1c([2H])c([2H])c2c(c1[2H])c1ccc(Oc3cccc(N4CN(c5c(/C6=C/C=C\N/C=C\C=C/[B]6)cc(C(C)(C)C)cc5/C5=C/C=C\N/C=C\C=C/[B]5)c5ccccc54)c3)cc1n2-c1cc(C(C)(c2ccccc2)c2ccccc2)ccn1. The first-order valence-electron chi connectivity index (χ1n) is 28.7. The predicted molar refractivity (Wildman–Crippen MR) is 333 cm³/mol. The van der Waals surface area contributed by atoms with E-state index >= 15 is 0 Å². The second-order valence-electron chi connectivity index (χ2n) is 20.9. The molecule has 2 aromatic heterocycles. The summed E-state index contributed by atoms with van der Waals surface area (Å²) >= 11 is 0. The van der Waals surface area contributed by atoms with E-state index in [-0.39, 0.29) is 29.6 Å². The molecule has 0 unspecified atom stereocenters. The van der Waals surface area contributed by atoms with E-state index in [0.717, 1.165) is 61.5 Å². The molecule has 0 saturated carbocycles. The van der Waals surface area contributed by atoms with E-state index in [0.29, 0.717) is 45.8 Å². The summed E-state index contributed by atoms with van der Waals surface area (Å²) in [7, 11) is 4.37. The van der Waals surface area contributed by atoms with Gasteiger partial charge >= 0.3 is 0 Å². The maximum Gasteiger partial charge on any atom is 0.182 e. The Balaban J connectivity index is 0.967. The van der Waals surface area contributed by atoms with Gasteiger partial charge in [0.05, 0.1) is 33.6 Å². The molecule has 0 atom stereocenters. The van der Waals surface area contributed by atoms with Gasteiger partial charge < -0.3 is 25.2 Å². The van der Waals surface area contributed by atoms with Crippen molar-refractivity contribution in [2.75, 3.05) is 16.5 Å². The molecule has 3 aliphatic rings. The molecule has 7 aromatic carbocycles. The predicted octanol–water partition coefficient (Wildman–Crippen LogP) is 16.2. The number of ether oxygens (including phenoxy) is 1. The molecule has 2 N–H and O–H groups in total. The van der Waals surface area contributed by atoms with Gasteiger partial charge in [-0.1, -0.05) is 153 Å². The van der Waals surface area contributed by atoms with E-state index in [4.69, 9.17) is 12.5 Å². The summed E-state index contributed by atoms with van der Waals surface area (Å²) in [5.41, 5.74) is 12.9. The van der Waals surface area contributed by atoms with E-state index in [1.165, 1.54) is 5.56 Å². The molecule has 3 aliphatic heterocycles. The lowest BCUT2D eigenvalue weighted by atomic mass is 9.62. The molecular weight excluding hydrogens is 962 g/mol. The third-order valence-corrected chi connectivity index (χ3v) is 14.9. The lowest BCUT2D eigenvalue weighted by molar-refractivity contribution is 0.483. The second kappa shape index (κ2) is 21.9. The third-order valence-electron chi connectivity index (χ3n) is 14.9. The van der Waals surface area contributed by atoms with Gasteiger partial charge in [-0.25, -0.2) is 4.98 Å². The molecule has 0 saturated heterocycles. The third kappa shape index (κ3) is 10.1. The highest BCUT2D eigenvalue weighted by Gasteiger charge is 2.34. The first-order valence-corrected chi connectivity index (χ1v) is 26.7. The minimum absolute atomic E-state index is 0.118. The number of hydrogen-bond donors (Lipinski definition) is 2. The van der Waals surface area contributed by atoms with Crippen molar-refractivity contribution in [2.45, 2.75) is 38.5 Å². The zero-order valence-corrected chi connectivity index (χ0v) is 44.7. The molecule has 2 radical (unpaired) electrons. The lowest BCUT2D eigenvalue weighted by Crippen LogP contribution is -2.26. The average molecular weight is 1030 g/mol. The maximum atomic E-state index is 9.37. The van der Waals surface area contributed by atoms with Crippen molar-refractivity contribution in [3.63, 3.8) is 0 Å². The van der Waals surface area contributed by atoms with Gasteiger partial charge in [0.2, 0.25) is 0 Å². The highest BCUT2D eigenvalue weighted by atomic mass is 16.5. The summed E-state index contributed by atoms with van der Waals surface area (Å²) in [5, 5.41) is 7.56. The smallest absolute Gasteiger partial charge is 0.182 e. The Bertz CT molecular complexity index is 4120. The van der Waals surface area contributed by atoms with Crippen LogP contribution in [0.15, 0.2) is 267 Å². The van der Waals surface area contributed by atoms with Crippen LogP contribution in [0.25, 0.3) is 38.6 Å². The van der Waals surface area contributed by atoms with E-state index in [9.17, 15) is 2.74 Å². The second-order valence-corrected chi connectivity index (χ2v) is 20.9. The summed E-state index contributed by atoms with van der Waals surface area (Å²) in [4.78, 5) is 9.72. The molecule has 0 bridgehead atoms. The van der Waals surface area contributed by atoms with E-state index in [2.05, 4.69) is 172 Å². The van der Waals surface area contributed by atoms with Crippen molar-refractivity contribution in [2.24, 2.45) is 0 Å². The average Bonchev–Trinajstić information content (AvgIpc) is 1.94. The van der Waals surface area contributed by atoms with E-state index in [1.54, 1.807) is 6.20 Å². The number of pyridine rings is 1. The zero-order valence-electron chi connectivity index (χ0n) is 48.7. The Labute approximate surface area is 471 Å². The summed E-state index contributed by atoms with van der Waals surface area (Å²) in [6.07, 6.45) is 26.0. The van der Waals surface area contributed by atoms with Crippen molar-refractivity contribution < 1.29 is 10.2 Å². The van der Waals surface area contributed by atoms with Gasteiger partial charge in [0.15, 0.2) is 14.6 Å². The van der Waals surface area contributed by atoms with Gasteiger partial charge in [-0.05, 0) is 137 Å². The zero-order chi connectivity index (χ0) is 57.2. The minimum Gasteiger partial charge on any atom is -0.457 e. The van der Waals surface area contributed by atoms with Crippen LogP contribution >= 0.6 is 0 Å². The fourth-order valence-corrected chi connectivity index (χ4v) is 10.8. The fourth-order valence-electron chi connectivity index (χ4n) is 10.8. The molecule has 0 spiro atoms. The van der Waals surface area contributed by atoms with Gasteiger partial charge in [-0.2, -0.15) is 0 Å². The van der Waals surface area contributed by atoms with Crippen LogP contribution in [0.2, 0.25) is 0 Å². The highest BCUT2D eigenvalue weighted by Crippen LogP contribution is 2.50. The number of rotatable bonds is 10. The van der Waals surface area contributed by atoms with Crippen LogP contribution in [0, 0.1) is 0 Å². The van der Waals surface area contributed by atoms with Crippen LogP contribution in [0.1, 0.15) is 66.6 Å². The van der Waals surface area contributed by atoms with Gasteiger partial charge in [0.25, 0.3) is 0 Å². The fraction of sp³-hybridized carbons (Fsp3) is 0.100. The van der Waals surface area contributed by atoms with Gasteiger partial charge in [0, 0.05) is 65.0 Å². The van der Waals surface area contributed by atoms with Crippen molar-refractivity contribution in [3.8, 4) is 17.3 Å². The van der Waals surface area contributed by atoms with Gasteiger partial charge in [-0.3, -0.25) is 4.57 Å². The Morgan fingerprint density at radius 1 is 0.532 bits per heavy atom. The largest absolute Gasteiger partial charge is 0.457 e. The molecule has 382 valence electrons. The molecule has 12 rings (SSSR count). The number of benzene rings is 7. The summed E-state index contributed by atoms with van der Waals surface area (Å²) < 4.78 is 45.0. The number of aromatic nitrogens is 2. The van der Waals surface area contributed by atoms with E-state index in [1.807, 2.05) is 133 Å². The van der Waals surface area contributed by atoms with E-state index < -0.39 is 5.41 Å². The lowest BCUT2D eigenvalue weighted by Gasteiger charge is -2.32. The van der Waals surface area contributed by atoms with Crippen molar-refractivity contribution >= 4 is 70.1 Å². The molecule has 0 fully saturated rings. The molecule has 9 heteroatoms. The number of nitrogens with zero attached hydrogens (tertiary/aromatic N) is 4. The monoisotopic (exact) mass is 1030 g/mol. The summed E-state index contributed by atoms with van der Waals surface area (Å²) in [6, 6.07) is 51.0. The Hall–Kier alpha value is -9.46. The number of para-hydroxylation sites is 3. The van der Waals surface area contributed by atoms with Crippen LogP contribution in [-0.2, 0) is 10.8 Å².